The predicted octanol–water partition coefficient (Wildman–Crippen LogP) is 3.16. The Morgan fingerprint density at radius 1 is 1.10 bits per heavy atom. The van der Waals surface area contributed by atoms with Crippen LogP contribution in [0.15, 0.2) is 59.5 Å². The van der Waals surface area contributed by atoms with Gasteiger partial charge in [-0.25, -0.2) is 0 Å². The summed E-state index contributed by atoms with van der Waals surface area (Å²) in [7, 11) is 0. The van der Waals surface area contributed by atoms with E-state index < -0.39 is 0 Å². The third kappa shape index (κ3) is 2.73. The molecule has 2 atom stereocenters. The van der Waals surface area contributed by atoms with Gasteiger partial charge < -0.3 is 10.8 Å². The highest BCUT2D eigenvalue weighted by Crippen LogP contribution is 2.45. The van der Waals surface area contributed by atoms with Crippen molar-refractivity contribution in [2.45, 2.75) is 22.6 Å². The Bertz CT molecular complexity index is 595. The number of aliphatic hydroxyl groups excluding tert-OH is 1. The van der Waals surface area contributed by atoms with E-state index in [9.17, 15) is 5.11 Å². The van der Waals surface area contributed by atoms with E-state index in [1.54, 1.807) is 0 Å². The van der Waals surface area contributed by atoms with Crippen molar-refractivity contribution in [1.29, 1.82) is 0 Å². The van der Waals surface area contributed by atoms with E-state index >= 15 is 0 Å². The topological polar surface area (TPSA) is 46.2 Å². The van der Waals surface area contributed by atoms with Crippen molar-refractivity contribution >= 4 is 11.8 Å². The molecule has 0 aliphatic carbocycles. The molecule has 3 heteroatoms. The highest BCUT2D eigenvalue weighted by atomic mass is 32.2. The van der Waals surface area contributed by atoms with E-state index in [0.29, 0.717) is 12.5 Å². The Morgan fingerprint density at radius 3 is 2.52 bits per heavy atom. The fraction of sp³-hybridized carbons (Fsp3) is 0.333. The molecule has 21 heavy (non-hydrogen) atoms. The first-order chi connectivity index (χ1) is 10.3. The summed E-state index contributed by atoms with van der Waals surface area (Å²) in [5, 5.41) is 10.1. The van der Waals surface area contributed by atoms with Crippen LogP contribution in [0.5, 0.6) is 0 Å². The molecule has 0 bridgehead atoms. The van der Waals surface area contributed by atoms with Gasteiger partial charge in [0.25, 0.3) is 0 Å². The van der Waals surface area contributed by atoms with Crippen LogP contribution < -0.4 is 5.73 Å². The molecule has 0 fully saturated rings. The molecule has 0 amide bonds. The predicted molar refractivity (Wildman–Crippen MR) is 88.8 cm³/mol. The van der Waals surface area contributed by atoms with E-state index in [1.807, 2.05) is 30.0 Å². The molecule has 2 aromatic carbocycles. The molecule has 1 aliphatic rings. The molecular weight excluding hydrogens is 278 g/mol. The maximum Gasteiger partial charge on any atom is 0.0540 e. The SMILES string of the molecule is NCC(CO)(CC1CSc2ccccc21)c1ccccc1. The second-order valence-corrected chi connectivity index (χ2v) is 6.82. The van der Waals surface area contributed by atoms with Crippen LogP contribution in [0, 0.1) is 0 Å². The first-order valence-corrected chi connectivity index (χ1v) is 8.36. The van der Waals surface area contributed by atoms with Crippen molar-refractivity contribution in [1.82, 2.24) is 0 Å². The summed E-state index contributed by atoms with van der Waals surface area (Å²) in [4.78, 5) is 1.37. The summed E-state index contributed by atoms with van der Waals surface area (Å²) in [5.41, 5.74) is 8.29. The maximum atomic E-state index is 10.1. The third-order valence-corrected chi connectivity index (χ3v) is 5.77. The Labute approximate surface area is 130 Å². The van der Waals surface area contributed by atoms with Crippen LogP contribution in [0.1, 0.15) is 23.5 Å². The first-order valence-electron chi connectivity index (χ1n) is 7.37. The molecule has 0 radical (unpaired) electrons. The van der Waals surface area contributed by atoms with Crippen LogP contribution in [-0.4, -0.2) is 24.0 Å². The molecule has 1 aliphatic heterocycles. The molecule has 2 nitrogen and oxygen atoms in total. The van der Waals surface area contributed by atoms with Gasteiger partial charge in [0.2, 0.25) is 0 Å². The Morgan fingerprint density at radius 2 is 1.81 bits per heavy atom. The normalized spacial score (nSPS) is 20.0. The molecule has 2 aromatic rings. The minimum Gasteiger partial charge on any atom is -0.395 e. The molecule has 0 aromatic heterocycles. The van der Waals surface area contributed by atoms with Gasteiger partial charge in [0.15, 0.2) is 0 Å². The van der Waals surface area contributed by atoms with Gasteiger partial charge >= 0.3 is 0 Å². The maximum absolute atomic E-state index is 10.1. The zero-order chi connectivity index (χ0) is 14.7. The van der Waals surface area contributed by atoms with Crippen LogP contribution in [0.25, 0.3) is 0 Å². The fourth-order valence-electron chi connectivity index (χ4n) is 3.20. The summed E-state index contributed by atoms with van der Waals surface area (Å²) in [6.45, 7) is 0.563. The number of nitrogens with two attached hydrogens (primary N) is 1. The highest BCUT2D eigenvalue weighted by Gasteiger charge is 2.36. The van der Waals surface area contributed by atoms with Crippen LogP contribution >= 0.6 is 11.8 Å². The van der Waals surface area contributed by atoms with Gasteiger partial charge in [0.1, 0.15) is 0 Å². The minimum absolute atomic E-state index is 0.0941. The molecule has 2 unspecified atom stereocenters. The Kier molecular flexibility index (Phi) is 4.34. The molecular formula is C18H21NOS. The third-order valence-electron chi connectivity index (χ3n) is 4.52. The molecule has 1 heterocycles. The molecule has 110 valence electrons. The minimum atomic E-state index is -0.343. The lowest BCUT2D eigenvalue weighted by molar-refractivity contribution is 0.182. The summed E-state index contributed by atoms with van der Waals surface area (Å²) < 4.78 is 0. The lowest BCUT2D eigenvalue weighted by atomic mass is 9.73. The van der Waals surface area contributed by atoms with E-state index in [2.05, 4.69) is 36.4 Å². The van der Waals surface area contributed by atoms with E-state index in [1.165, 1.54) is 10.5 Å². The summed E-state index contributed by atoms with van der Waals surface area (Å²) in [5.74, 6) is 1.54. The second kappa shape index (κ2) is 6.22. The van der Waals surface area contributed by atoms with E-state index in [4.69, 9.17) is 5.73 Å². The average Bonchev–Trinajstić information content (AvgIpc) is 2.96. The van der Waals surface area contributed by atoms with Gasteiger partial charge in [-0.2, -0.15) is 0 Å². The number of rotatable bonds is 5. The summed E-state index contributed by atoms with van der Waals surface area (Å²) in [6.07, 6.45) is 0.897. The Hall–Kier alpha value is -1.29. The van der Waals surface area contributed by atoms with Crippen molar-refractivity contribution < 1.29 is 5.11 Å². The second-order valence-electron chi connectivity index (χ2n) is 5.76. The van der Waals surface area contributed by atoms with E-state index in [0.717, 1.165) is 17.7 Å². The number of aliphatic hydroxyl groups is 1. The van der Waals surface area contributed by atoms with Crippen molar-refractivity contribution in [3.05, 3.63) is 65.7 Å². The average molecular weight is 299 g/mol. The zero-order valence-corrected chi connectivity index (χ0v) is 12.9. The zero-order valence-electron chi connectivity index (χ0n) is 12.0. The fourth-order valence-corrected chi connectivity index (χ4v) is 4.46. The molecule has 0 saturated carbocycles. The van der Waals surface area contributed by atoms with Crippen molar-refractivity contribution in [3.63, 3.8) is 0 Å². The van der Waals surface area contributed by atoms with Crippen molar-refractivity contribution in [2.24, 2.45) is 5.73 Å². The van der Waals surface area contributed by atoms with Gasteiger partial charge in [-0.15, -0.1) is 11.8 Å². The number of fused-ring (bicyclic) bond motifs is 1. The lowest BCUT2D eigenvalue weighted by Crippen LogP contribution is -2.40. The van der Waals surface area contributed by atoms with Gasteiger partial charge in [-0.05, 0) is 29.5 Å². The van der Waals surface area contributed by atoms with Gasteiger partial charge in [-0.3, -0.25) is 0 Å². The number of hydrogen-bond acceptors (Lipinski definition) is 3. The lowest BCUT2D eigenvalue weighted by Gasteiger charge is -2.33. The van der Waals surface area contributed by atoms with Crippen LogP contribution in [0.4, 0.5) is 0 Å². The molecule has 3 N–H and O–H groups in total. The quantitative estimate of drug-likeness (QED) is 0.891. The van der Waals surface area contributed by atoms with Crippen LogP contribution in [-0.2, 0) is 5.41 Å². The monoisotopic (exact) mass is 299 g/mol. The molecule has 0 saturated heterocycles. The first kappa shape index (κ1) is 14.6. The van der Waals surface area contributed by atoms with Crippen LogP contribution in [0.2, 0.25) is 0 Å². The number of thioether (sulfide) groups is 1. The standard InChI is InChI=1S/C18H21NOS/c19-12-18(13-20,15-6-2-1-3-7-15)10-14-11-21-17-9-5-4-8-16(14)17/h1-9,14,20H,10-13,19H2. The molecule has 3 rings (SSSR count). The summed E-state index contributed by atoms with van der Waals surface area (Å²) >= 11 is 1.91. The van der Waals surface area contributed by atoms with E-state index in [-0.39, 0.29) is 12.0 Å². The van der Waals surface area contributed by atoms with Crippen LogP contribution in [0.3, 0.4) is 0 Å². The van der Waals surface area contributed by atoms with Gasteiger partial charge in [0.05, 0.1) is 6.61 Å². The number of benzene rings is 2. The Balaban J connectivity index is 1.91. The van der Waals surface area contributed by atoms with Gasteiger partial charge in [0, 0.05) is 22.6 Å². The van der Waals surface area contributed by atoms with Gasteiger partial charge in [-0.1, -0.05) is 48.5 Å². The van der Waals surface area contributed by atoms with Crippen molar-refractivity contribution in [2.75, 3.05) is 18.9 Å². The highest BCUT2D eigenvalue weighted by molar-refractivity contribution is 7.99. The molecule has 0 spiro atoms. The number of hydrogen-bond donors (Lipinski definition) is 2. The smallest absolute Gasteiger partial charge is 0.0540 e. The summed E-state index contributed by atoms with van der Waals surface area (Å²) in [6, 6.07) is 18.8. The largest absolute Gasteiger partial charge is 0.395 e. The van der Waals surface area contributed by atoms with Crippen molar-refractivity contribution in [3.8, 4) is 0 Å².